The Hall–Kier alpha value is 0.139. The molecular formula is C22H31F12N3O2P2Sn. The van der Waals surface area contributed by atoms with Crippen LogP contribution in [0.2, 0.25) is 0 Å². The summed E-state index contributed by atoms with van der Waals surface area (Å²) in [6.07, 6.45) is -23.4. The van der Waals surface area contributed by atoms with Crippen LogP contribution in [0.25, 0.3) is 0 Å². The van der Waals surface area contributed by atoms with Gasteiger partial charge < -0.3 is 0 Å². The zero-order valence-electron chi connectivity index (χ0n) is 23.0. The average molecular weight is 778 g/mol. The van der Waals surface area contributed by atoms with Crippen molar-refractivity contribution in [2.24, 2.45) is 32.9 Å². The Labute approximate surface area is 247 Å². The van der Waals surface area contributed by atoms with Crippen LogP contribution < -0.4 is 0 Å². The van der Waals surface area contributed by atoms with Crippen LogP contribution in [0.3, 0.4) is 0 Å². The van der Waals surface area contributed by atoms with E-state index in [2.05, 4.69) is 21.3 Å². The Kier molecular flexibility index (Phi) is 10.5. The monoisotopic (exact) mass is 779 g/mol. The molecule has 244 valence electrons. The molecule has 0 aliphatic heterocycles. The summed E-state index contributed by atoms with van der Waals surface area (Å²) in [6, 6.07) is 0. The van der Waals surface area contributed by atoms with Crippen molar-refractivity contribution in [1.29, 1.82) is 0 Å². The van der Waals surface area contributed by atoms with E-state index < -0.39 is 90.7 Å². The van der Waals surface area contributed by atoms with Crippen LogP contribution >= 0.6 is 15.0 Å². The molecule has 0 unspecified atom stereocenters. The van der Waals surface area contributed by atoms with E-state index in [0.29, 0.717) is 37.0 Å². The molecule has 0 aromatic carbocycles. The number of nitrogens with zero attached hydrogens (tertiary/aromatic N) is 3. The van der Waals surface area contributed by atoms with E-state index in [9.17, 15) is 52.7 Å². The van der Waals surface area contributed by atoms with Crippen molar-refractivity contribution in [2.75, 3.05) is 39.0 Å². The first-order valence-electron chi connectivity index (χ1n) is 12.8. The van der Waals surface area contributed by atoms with E-state index in [1.807, 2.05) is 0 Å². The van der Waals surface area contributed by atoms with Gasteiger partial charge in [-0.25, -0.2) is 0 Å². The molecule has 4 bridgehead atoms. The van der Waals surface area contributed by atoms with Crippen molar-refractivity contribution >= 4 is 36.9 Å². The first-order chi connectivity index (χ1) is 18.8. The molecule has 0 aromatic heterocycles. The summed E-state index contributed by atoms with van der Waals surface area (Å²) in [4.78, 5) is 3.73. The zero-order valence-corrected chi connectivity index (χ0v) is 27.6. The van der Waals surface area contributed by atoms with Crippen LogP contribution in [0.1, 0.15) is 38.5 Å². The number of rotatable bonds is 10. The van der Waals surface area contributed by atoms with Crippen molar-refractivity contribution in [3.05, 3.63) is 0 Å². The number of halogens is 12. The maximum atomic E-state index is 14.1. The normalized spacial score (nSPS) is 27.9. The molecule has 0 spiro atoms. The molecule has 2 radical (unpaired) electrons. The van der Waals surface area contributed by atoms with Crippen LogP contribution in [0.5, 0.6) is 0 Å². The van der Waals surface area contributed by atoms with E-state index in [0.717, 1.165) is 45.9 Å². The first-order valence-corrected chi connectivity index (χ1v) is 20.3. The van der Waals surface area contributed by atoms with Gasteiger partial charge in [0.25, 0.3) is 0 Å². The average Bonchev–Trinajstić information content (AvgIpc) is 2.72. The van der Waals surface area contributed by atoms with E-state index in [1.165, 1.54) is 0 Å². The molecule has 4 fully saturated rings. The van der Waals surface area contributed by atoms with Crippen LogP contribution in [-0.2, 0) is 6.15 Å². The molecule has 4 aliphatic rings. The Morgan fingerprint density at radius 1 is 0.714 bits per heavy atom. The zero-order chi connectivity index (χ0) is 32.2. The summed E-state index contributed by atoms with van der Waals surface area (Å²) in [7, 11) is -5.72. The van der Waals surface area contributed by atoms with E-state index in [-0.39, 0.29) is 0 Å². The Balaban J connectivity index is 1.91. The predicted molar refractivity (Wildman–Crippen MR) is 133 cm³/mol. The minimum absolute atomic E-state index is 0.415. The summed E-state index contributed by atoms with van der Waals surface area (Å²) >= 11 is -4.59. The summed E-state index contributed by atoms with van der Waals surface area (Å²) in [5.41, 5.74) is -10.7. The molecular weight excluding hydrogens is 747 g/mol. The fourth-order valence-corrected chi connectivity index (χ4v) is 13.1. The summed E-state index contributed by atoms with van der Waals surface area (Å²) in [5.74, 6) is 1.24. The second kappa shape index (κ2) is 12.1. The Morgan fingerprint density at radius 2 is 1.10 bits per heavy atom. The molecule has 0 amide bonds. The van der Waals surface area contributed by atoms with Crippen molar-refractivity contribution in [1.82, 2.24) is 0 Å². The van der Waals surface area contributed by atoms with Crippen molar-refractivity contribution in [3.8, 4) is 0 Å². The minimum atomic E-state index is -6.28. The predicted octanol–water partition coefficient (Wildman–Crippen LogP) is 8.82. The SMILES string of the molecule is CP(C)CC([O][Sn][O]C(CP(C)(C)=NN=NC12CC3CC(CC(C3)C1)C2)(C(F)(F)F)C(F)(F)F)(C(F)(F)F)C(F)(F)F. The van der Waals surface area contributed by atoms with Gasteiger partial charge in [0, 0.05) is 0 Å². The van der Waals surface area contributed by atoms with Gasteiger partial charge in [-0.2, -0.15) is 0 Å². The summed E-state index contributed by atoms with van der Waals surface area (Å²) < 4.78 is 175. The topological polar surface area (TPSA) is 55.5 Å². The van der Waals surface area contributed by atoms with Gasteiger partial charge in [-0.15, -0.1) is 0 Å². The second-order valence-corrected chi connectivity index (χ2v) is 20.2. The molecule has 0 aromatic rings. The molecule has 4 rings (SSSR count). The summed E-state index contributed by atoms with van der Waals surface area (Å²) in [6.45, 7) is 4.01. The van der Waals surface area contributed by atoms with E-state index >= 15 is 0 Å². The quantitative estimate of drug-likeness (QED) is 0.0733. The van der Waals surface area contributed by atoms with E-state index in [4.69, 9.17) is 0 Å². The number of alkyl halides is 12. The Bertz CT molecular complexity index is 990. The van der Waals surface area contributed by atoms with Gasteiger partial charge >= 0.3 is 248 Å². The van der Waals surface area contributed by atoms with Gasteiger partial charge in [0.2, 0.25) is 0 Å². The number of hydrogen-bond acceptors (Lipinski definition) is 3. The molecule has 42 heavy (non-hydrogen) atoms. The molecule has 0 saturated heterocycles. The molecule has 0 heterocycles. The van der Waals surface area contributed by atoms with Crippen LogP contribution in [0.15, 0.2) is 15.2 Å². The van der Waals surface area contributed by atoms with Crippen molar-refractivity contribution < 1.29 is 58.8 Å². The molecule has 4 aliphatic carbocycles. The third-order valence-electron chi connectivity index (χ3n) is 7.96. The van der Waals surface area contributed by atoms with Crippen LogP contribution in [-0.4, -0.2) is 102 Å². The fourth-order valence-electron chi connectivity index (χ4n) is 6.57. The summed E-state index contributed by atoms with van der Waals surface area (Å²) in [5, 5.41) is 7.95. The third kappa shape index (κ3) is 7.57. The van der Waals surface area contributed by atoms with Crippen LogP contribution in [0.4, 0.5) is 52.7 Å². The molecule has 0 atom stereocenters. The van der Waals surface area contributed by atoms with Crippen LogP contribution in [0, 0.1) is 17.8 Å². The first kappa shape index (κ1) is 36.6. The van der Waals surface area contributed by atoms with Gasteiger partial charge in [0.05, 0.1) is 0 Å². The van der Waals surface area contributed by atoms with Gasteiger partial charge in [-0.05, 0) is 0 Å². The molecule has 20 heteroatoms. The molecule has 5 nitrogen and oxygen atoms in total. The van der Waals surface area contributed by atoms with Crippen molar-refractivity contribution in [2.45, 2.75) is 80.0 Å². The van der Waals surface area contributed by atoms with Gasteiger partial charge in [0.1, 0.15) is 0 Å². The van der Waals surface area contributed by atoms with E-state index in [1.54, 1.807) is 0 Å². The Morgan fingerprint density at radius 3 is 1.45 bits per heavy atom. The van der Waals surface area contributed by atoms with Gasteiger partial charge in [0.15, 0.2) is 0 Å². The molecule has 0 N–H and O–H groups in total. The van der Waals surface area contributed by atoms with Gasteiger partial charge in [-0.1, -0.05) is 0 Å². The second-order valence-electron chi connectivity index (χ2n) is 12.4. The van der Waals surface area contributed by atoms with Crippen molar-refractivity contribution in [3.63, 3.8) is 0 Å². The number of hydrogen-bond donors (Lipinski definition) is 0. The van der Waals surface area contributed by atoms with Gasteiger partial charge in [-0.3, -0.25) is 0 Å². The molecule has 4 saturated carbocycles. The standard InChI is InChI=1S/C16H23F6N3OP.C6H8F6OP.Sn/c1-27(2,9-14(26,15(17,18)19)16(20,21)22)25-24-23-13-6-10-3-11(7-13)5-12(4-10)8-13;1-14(2)3-4(13,5(7,8)9)6(10,11)12;/h10-12H,3-9H2,1-2H3;3H2,1-2H3;/q2*-1;+2. The third-order valence-corrected chi connectivity index (χ3v) is 13.3. The maximum absolute atomic E-state index is 14.1. The fraction of sp³-hybridized carbons (Fsp3) is 1.00.